The van der Waals surface area contributed by atoms with Crippen LogP contribution in [0.2, 0.25) is 0 Å². The Morgan fingerprint density at radius 3 is 2.71 bits per heavy atom. The van der Waals surface area contributed by atoms with Crippen molar-refractivity contribution in [2.75, 3.05) is 0 Å². The number of hydrogen-bond donors (Lipinski definition) is 2. The molecule has 1 aliphatic heterocycles. The molecule has 1 aromatic heterocycles. The molecule has 7 heteroatoms. The molecular weight excluding hydrogens is 324 g/mol. The van der Waals surface area contributed by atoms with E-state index in [1.54, 1.807) is 4.68 Å². The van der Waals surface area contributed by atoms with E-state index < -0.39 is 16.8 Å². The average Bonchev–Trinajstić information content (AvgIpc) is 3.12. The Hall–Kier alpha value is -2.12. The fourth-order valence-corrected chi connectivity index (χ4v) is 3.84. The largest absolute Gasteiger partial charge is 0.480 e. The van der Waals surface area contributed by atoms with Crippen LogP contribution in [0.1, 0.15) is 31.3 Å². The highest BCUT2D eigenvalue weighted by atomic mass is 32.2. The lowest BCUT2D eigenvalue weighted by molar-refractivity contribution is -0.137. The first-order valence-corrected chi connectivity index (χ1v) is 8.59. The van der Waals surface area contributed by atoms with Crippen LogP contribution in [-0.2, 0) is 11.2 Å². The van der Waals surface area contributed by atoms with E-state index in [0.717, 1.165) is 5.56 Å². The Balaban J connectivity index is 1.75. The predicted molar refractivity (Wildman–Crippen MR) is 95.2 cm³/mol. The SMILES string of the molecule is CC1(C)N=C(c2ccn(C(N)Cc3ccccc3)n2)SC1C(=O)O. The number of nitrogens with two attached hydrogens (primary N) is 1. The number of rotatable bonds is 5. The molecule has 2 aromatic rings. The van der Waals surface area contributed by atoms with E-state index >= 15 is 0 Å². The molecule has 0 saturated carbocycles. The molecule has 0 aliphatic carbocycles. The molecule has 3 rings (SSSR count). The first-order chi connectivity index (χ1) is 11.4. The van der Waals surface area contributed by atoms with Crippen LogP contribution in [0.3, 0.4) is 0 Å². The Morgan fingerprint density at radius 2 is 2.08 bits per heavy atom. The van der Waals surface area contributed by atoms with Gasteiger partial charge in [-0.05, 0) is 25.5 Å². The second kappa shape index (κ2) is 6.41. The van der Waals surface area contributed by atoms with Gasteiger partial charge in [0.1, 0.15) is 22.2 Å². The number of carboxylic acids is 1. The van der Waals surface area contributed by atoms with Crippen molar-refractivity contribution in [1.29, 1.82) is 0 Å². The highest BCUT2D eigenvalue weighted by Crippen LogP contribution is 2.37. The molecule has 3 N–H and O–H groups in total. The van der Waals surface area contributed by atoms with Crippen molar-refractivity contribution in [3.05, 3.63) is 53.9 Å². The smallest absolute Gasteiger partial charge is 0.319 e. The zero-order chi connectivity index (χ0) is 17.3. The first-order valence-electron chi connectivity index (χ1n) is 7.71. The zero-order valence-corrected chi connectivity index (χ0v) is 14.4. The number of carbonyl (C=O) groups is 1. The second-order valence-corrected chi connectivity index (χ2v) is 7.44. The molecule has 24 heavy (non-hydrogen) atoms. The van der Waals surface area contributed by atoms with Gasteiger partial charge in [0, 0.05) is 12.6 Å². The van der Waals surface area contributed by atoms with Crippen molar-refractivity contribution in [2.45, 2.75) is 37.2 Å². The van der Waals surface area contributed by atoms with E-state index in [4.69, 9.17) is 5.73 Å². The topological polar surface area (TPSA) is 93.5 Å². The van der Waals surface area contributed by atoms with E-state index in [1.807, 2.05) is 56.4 Å². The first kappa shape index (κ1) is 16.7. The van der Waals surface area contributed by atoms with Gasteiger partial charge in [-0.2, -0.15) is 5.10 Å². The third kappa shape index (κ3) is 3.37. The van der Waals surface area contributed by atoms with Crippen LogP contribution in [-0.4, -0.2) is 36.7 Å². The highest BCUT2D eigenvalue weighted by Gasteiger charge is 2.43. The fourth-order valence-electron chi connectivity index (χ4n) is 2.66. The van der Waals surface area contributed by atoms with Gasteiger partial charge in [-0.15, -0.1) is 0 Å². The van der Waals surface area contributed by atoms with E-state index in [2.05, 4.69) is 10.1 Å². The van der Waals surface area contributed by atoms with Crippen LogP contribution in [0, 0.1) is 0 Å². The molecule has 0 amide bonds. The number of carboxylic acid groups (broad SMARTS) is 1. The molecule has 1 aromatic carbocycles. The van der Waals surface area contributed by atoms with Crippen LogP contribution in [0.15, 0.2) is 47.6 Å². The Bertz CT molecular complexity index is 770. The van der Waals surface area contributed by atoms with Gasteiger partial charge in [-0.3, -0.25) is 14.5 Å². The van der Waals surface area contributed by atoms with Crippen LogP contribution in [0.25, 0.3) is 0 Å². The third-order valence-corrected chi connectivity index (χ3v) is 5.48. The van der Waals surface area contributed by atoms with Crippen LogP contribution in [0.5, 0.6) is 0 Å². The summed E-state index contributed by atoms with van der Waals surface area (Å²) >= 11 is 1.24. The van der Waals surface area contributed by atoms with Crippen LogP contribution < -0.4 is 5.73 Å². The quantitative estimate of drug-likeness (QED) is 0.868. The van der Waals surface area contributed by atoms with Gasteiger partial charge in [0.2, 0.25) is 0 Å². The summed E-state index contributed by atoms with van der Waals surface area (Å²) in [5, 5.41) is 13.9. The Morgan fingerprint density at radius 1 is 1.38 bits per heavy atom. The summed E-state index contributed by atoms with van der Waals surface area (Å²) in [6.07, 6.45) is 2.20. The van der Waals surface area contributed by atoms with Crippen molar-refractivity contribution in [1.82, 2.24) is 9.78 Å². The lowest BCUT2D eigenvalue weighted by Crippen LogP contribution is -2.34. The average molecular weight is 344 g/mol. The number of aromatic nitrogens is 2. The summed E-state index contributed by atoms with van der Waals surface area (Å²) < 4.78 is 1.70. The standard InChI is InChI=1S/C17H20N4O2S/c1-17(2)14(16(22)23)24-15(19-17)12-8-9-21(20-12)13(18)10-11-6-4-3-5-7-11/h3-9,13-14H,10,18H2,1-2H3,(H,22,23). The van der Waals surface area contributed by atoms with Crippen molar-refractivity contribution in [2.24, 2.45) is 10.7 Å². The molecule has 126 valence electrons. The summed E-state index contributed by atoms with van der Waals surface area (Å²) in [7, 11) is 0. The molecule has 2 atom stereocenters. The minimum absolute atomic E-state index is 0.281. The number of aliphatic carboxylic acids is 1. The third-order valence-electron chi connectivity index (χ3n) is 3.94. The summed E-state index contributed by atoms with van der Waals surface area (Å²) in [5.41, 5.74) is 7.38. The summed E-state index contributed by atoms with van der Waals surface area (Å²) in [4.78, 5) is 15.9. The molecule has 0 saturated heterocycles. The van der Waals surface area contributed by atoms with Crippen molar-refractivity contribution < 1.29 is 9.90 Å². The number of hydrogen-bond acceptors (Lipinski definition) is 5. The molecule has 0 spiro atoms. The van der Waals surface area contributed by atoms with E-state index in [9.17, 15) is 9.90 Å². The lowest BCUT2D eigenvalue weighted by Gasteiger charge is -2.18. The maximum Gasteiger partial charge on any atom is 0.319 e. The molecule has 2 heterocycles. The fraction of sp³-hybridized carbons (Fsp3) is 0.353. The second-order valence-electron chi connectivity index (χ2n) is 6.34. The monoisotopic (exact) mass is 344 g/mol. The minimum atomic E-state index is -0.857. The van der Waals surface area contributed by atoms with Crippen LogP contribution >= 0.6 is 11.8 Å². The summed E-state index contributed by atoms with van der Waals surface area (Å²) in [5.74, 6) is -0.857. The molecule has 2 unspecified atom stereocenters. The predicted octanol–water partition coefficient (Wildman–Crippen LogP) is 2.31. The van der Waals surface area contributed by atoms with Gasteiger partial charge < -0.3 is 10.8 Å². The van der Waals surface area contributed by atoms with Crippen molar-refractivity contribution in [3.8, 4) is 0 Å². The minimum Gasteiger partial charge on any atom is -0.480 e. The molecular formula is C17H20N4O2S. The van der Waals surface area contributed by atoms with Crippen LogP contribution in [0.4, 0.5) is 0 Å². The maximum atomic E-state index is 11.4. The number of nitrogens with zero attached hydrogens (tertiary/aromatic N) is 3. The number of aliphatic imine (C=N–C) groups is 1. The Kier molecular flexibility index (Phi) is 4.47. The summed E-state index contributed by atoms with van der Waals surface area (Å²) in [6, 6.07) is 11.8. The van der Waals surface area contributed by atoms with Gasteiger partial charge >= 0.3 is 5.97 Å². The Labute approximate surface area is 144 Å². The molecule has 0 radical (unpaired) electrons. The number of benzene rings is 1. The van der Waals surface area contributed by atoms with Gasteiger partial charge in [-0.25, -0.2) is 0 Å². The van der Waals surface area contributed by atoms with Crippen molar-refractivity contribution in [3.63, 3.8) is 0 Å². The van der Waals surface area contributed by atoms with Gasteiger partial charge in [0.15, 0.2) is 0 Å². The maximum absolute atomic E-state index is 11.4. The van der Waals surface area contributed by atoms with Crippen molar-refractivity contribution >= 4 is 22.8 Å². The molecule has 1 aliphatic rings. The van der Waals surface area contributed by atoms with E-state index in [0.29, 0.717) is 17.2 Å². The van der Waals surface area contributed by atoms with Gasteiger partial charge in [-0.1, -0.05) is 42.1 Å². The molecule has 0 bridgehead atoms. The molecule has 0 fully saturated rings. The zero-order valence-electron chi connectivity index (χ0n) is 13.6. The van der Waals surface area contributed by atoms with Gasteiger partial charge in [0.05, 0.1) is 5.54 Å². The van der Waals surface area contributed by atoms with E-state index in [-0.39, 0.29) is 6.17 Å². The normalized spacial score (nSPS) is 20.6. The van der Waals surface area contributed by atoms with Gasteiger partial charge in [0.25, 0.3) is 0 Å². The molecule has 6 nitrogen and oxygen atoms in total. The lowest BCUT2D eigenvalue weighted by atomic mass is 10.0. The summed E-state index contributed by atoms with van der Waals surface area (Å²) in [6.45, 7) is 3.65. The highest BCUT2D eigenvalue weighted by molar-refractivity contribution is 8.15. The van der Waals surface area contributed by atoms with E-state index in [1.165, 1.54) is 11.8 Å². The number of thioether (sulfide) groups is 1.